The molecule has 46 heavy (non-hydrogen) atoms. The third-order valence-corrected chi connectivity index (χ3v) is 8.98. The first-order chi connectivity index (χ1) is 22.0. The highest BCUT2D eigenvalue weighted by Crippen LogP contribution is 2.40. The van der Waals surface area contributed by atoms with Crippen LogP contribution in [0.3, 0.4) is 0 Å². The minimum absolute atomic E-state index is 0.0947. The van der Waals surface area contributed by atoms with Gasteiger partial charge in [-0.05, 0) is 61.9 Å². The van der Waals surface area contributed by atoms with Gasteiger partial charge in [0, 0.05) is 25.3 Å². The van der Waals surface area contributed by atoms with Crippen LogP contribution in [0.25, 0.3) is 0 Å². The summed E-state index contributed by atoms with van der Waals surface area (Å²) >= 11 is 4.70. The van der Waals surface area contributed by atoms with E-state index in [0.717, 1.165) is 16.7 Å². The zero-order chi connectivity index (χ0) is 32.8. The molecule has 0 unspecified atom stereocenters. The average molecular weight is 637 g/mol. The van der Waals surface area contributed by atoms with Crippen molar-refractivity contribution in [2.45, 2.75) is 62.8 Å². The minimum atomic E-state index is -1.11. The molecule has 2 N–H and O–H groups in total. The maximum Gasteiger partial charge on any atom is 0.339 e. The lowest BCUT2D eigenvalue weighted by Gasteiger charge is -2.43. The second-order valence-corrected chi connectivity index (χ2v) is 13.5. The summed E-state index contributed by atoms with van der Waals surface area (Å²) in [7, 11) is 0. The molecule has 240 valence electrons. The van der Waals surface area contributed by atoms with Crippen molar-refractivity contribution in [2.24, 2.45) is 0 Å². The number of amides is 1. The van der Waals surface area contributed by atoms with Crippen LogP contribution in [0.2, 0.25) is 0 Å². The molecule has 1 amide bonds. The summed E-state index contributed by atoms with van der Waals surface area (Å²) < 4.78 is 5.89. The fourth-order valence-corrected chi connectivity index (χ4v) is 6.63. The van der Waals surface area contributed by atoms with Crippen LogP contribution in [-0.2, 0) is 21.5 Å². The average Bonchev–Trinajstić information content (AvgIpc) is 3.06. The molecule has 4 aromatic carbocycles. The van der Waals surface area contributed by atoms with E-state index >= 15 is 0 Å². The number of ether oxygens (including phenoxy) is 1. The topological polar surface area (TPSA) is 78.9 Å². The Bertz CT molecular complexity index is 1560. The molecule has 0 bridgehead atoms. The Balaban J connectivity index is 1.53. The molecule has 1 fully saturated rings. The van der Waals surface area contributed by atoms with Gasteiger partial charge in [-0.25, -0.2) is 4.79 Å². The first-order valence-electron chi connectivity index (χ1n) is 15.9. The number of likely N-dealkylation sites (tertiary alicyclic amines) is 1. The molecule has 1 aliphatic heterocycles. The summed E-state index contributed by atoms with van der Waals surface area (Å²) in [5, 5.41) is 15.1. The van der Waals surface area contributed by atoms with Crippen LogP contribution in [0.15, 0.2) is 115 Å². The predicted molar refractivity (Wildman–Crippen MR) is 186 cm³/mol. The molecular formula is C39H44N2O4S. The Labute approximate surface area is 278 Å². The number of hydrogen-bond donors (Lipinski definition) is 3. The molecular weight excluding hydrogens is 593 g/mol. The summed E-state index contributed by atoms with van der Waals surface area (Å²) in [6, 6.07) is 36.5. The number of esters is 1. The van der Waals surface area contributed by atoms with Crippen molar-refractivity contribution >= 4 is 24.5 Å². The number of aliphatic hydroxyl groups is 1. The summed E-state index contributed by atoms with van der Waals surface area (Å²) in [6.07, 6.45) is 1.52. The third kappa shape index (κ3) is 7.55. The molecule has 5 rings (SSSR count). The van der Waals surface area contributed by atoms with E-state index < -0.39 is 28.8 Å². The smallest absolute Gasteiger partial charge is 0.339 e. The molecule has 0 spiro atoms. The monoisotopic (exact) mass is 636 g/mol. The molecule has 0 saturated carbocycles. The molecule has 1 saturated heterocycles. The largest absolute Gasteiger partial charge is 0.456 e. The maximum atomic E-state index is 14.3. The normalized spacial score (nSPS) is 15.6. The number of nitrogens with zero attached hydrogens (tertiary/aromatic N) is 1. The number of carbonyl (C=O) groups is 2. The summed E-state index contributed by atoms with van der Waals surface area (Å²) in [6.45, 7) is 6.42. The van der Waals surface area contributed by atoms with Gasteiger partial charge in [0.05, 0.1) is 22.7 Å². The zero-order valence-corrected chi connectivity index (χ0v) is 27.8. The first-order valence-corrected chi connectivity index (χ1v) is 16.6. The molecule has 1 atom stereocenters. The van der Waals surface area contributed by atoms with E-state index in [1.807, 2.05) is 135 Å². The molecule has 7 heteroatoms. The fraction of sp³-hybridized carbons (Fsp3) is 0.333. The van der Waals surface area contributed by atoms with Gasteiger partial charge in [0.1, 0.15) is 5.60 Å². The zero-order valence-electron chi connectivity index (χ0n) is 26.9. The van der Waals surface area contributed by atoms with Crippen LogP contribution in [0.1, 0.15) is 66.2 Å². The van der Waals surface area contributed by atoms with E-state index in [1.54, 1.807) is 6.07 Å². The highest BCUT2D eigenvalue weighted by Gasteiger charge is 2.44. The lowest BCUT2D eigenvalue weighted by atomic mass is 9.74. The fourth-order valence-electron chi connectivity index (χ4n) is 6.38. The molecule has 1 heterocycles. The molecule has 4 aromatic rings. The Kier molecular flexibility index (Phi) is 10.4. The van der Waals surface area contributed by atoms with E-state index in [0.29, 0.717) is 43.5 Å². The van der Waals surface area contributed by atoms with Gasteiger partial charge in [0.25, 0.3) is 0 Å². The molecule has 0 aromatic heterocycles. The van der Waals surface area contributed by atoms with Gasteiger partial charge >= 0.3 is 5.97 Å². The number of thiol groups is 1. The van der Waals surface area contributed by atoms with Crippen LogP contribution in [0.4, 0.5) is 0 Å². The Morgan fingerprint density at radius 3 is 1.85 bits per heavy atom. The molecule has 1 aliphatic rings. The summed E-state index contributed by atoms with van der Waals surface area (Å²) in [4.78, 5) is 29.9. The van der Waals surface area contributed by atoms with Crippen molar-refractivity contribution < 1.29 is 19.4 Å². The number of benzene rings is 4. The van der Waals surface area contributed by atoms with Gasteiger partial charge in [-0.3, -0.25) is 10.1 Å². The number of piperidine rings is 1. The van der Waals surface area contributed by atoms with E-state index in [9.17, 15) is 14.7 Å². The molecule has 0 radical (unpaired) electrons. The third-order valence-electron chi connectivity index (χ3n) is 8.62. The van der Waals surface area contributed by atoms with E-state index in [4.69, 9.17) is 17.4 Å². The van der Waals surface area contributed by atoms with Crippen LogP contribution < -0.4 is 5.32 Å². The summed E-state index contributed by atoms with van der Waals surface area (Å²) in [5.41, 5.74) is 1.23. The Morgan fingerprint density at radius 2 is 1.33 bits per heavy atom. The van der Waals surface area contributed by atoms with E-state index in [1.165, 1.54) is 0 Å². The van der Waals surface area contributed by atoms with Crippen LogP contribution in [0.5, 0.6) is 0 Å². The van der Waals surface area contributed by atoms with E-state index in [2.05, 4.69) is 5.32 Å². The van der Waals surface area contributed by atoms with Gasteiger partial charge in [-0.2, -0.15) is 12.6 Å². The van der Waals surface area contributed by atoms with Gasteiger partial charge < -0.3 is 14.7 Å². The van der Waals surface area contributed by atoms with E-state index in [-0.39, 0.29) is 11.7 Å². The predicted octanol–water partition coefficient (Wildman–Crippen LogP) is 6.42. The second kappa shape index (κ2) is 14.2. The van der Waals surface area contributed by atoms with Gasteiger partial charge in [-0.1, -0.05) is 109 Å². The summed E-state index contributed by atoms with van der Waals surface area (Å²) in [5.74, 6) is -0.314. The number of hydrogen-bond acceptors (Lipinski definition) is 6. The van der Waals surface area contributed by atoms with Crippen molar-refractivity contribution in [1.29, 1.82) is 0 Å². The number of nitrogens with one attached hydrogen (secondary N) is 1. The minimum Gasteiger partial charge on any atom is -0.456 e. The molecule has 0 aliphatic carbocycles. The second-order valence-electron chi connectivity index (χ2n) is 13.1. The van der Waals surface area contributed by atoms with Gasteiger partial charge in [0.15, 0.2) is 0 Å². The number of carbonyl (C=O) groups excluding carboxylic acids is 2. The standard InChI is InChI=1S/C39H44N2O4S/c1-37(2,3)45-36(43)32-21-13-14-22-33(32)39(30-17-9-5-10-18-30,31-19-11-6-12-20-31)40-34(28-46)35(42)41-25-23-38(44,24-26-41)27-29-15-7-4-8-16-29/h4-22,34,40,44,46H,23-28H2,1-3H3/t34-/m0/s1. The van der Waals surface area contributed by atoms with Gasteiger partial charge in [0.2, 0.25) is 5.91 Å². The van der Waals surface area contributed by atoms with Crippen molar-refractivity contribution in [1.82, 2.24) is 10.2 Å². The van der Waals surface area contributed by atoms with Crippen molar-refractivity contribution in [3.63, 3.8) is 0 Å². The van der Waals surface area contributed by atoms with Gasteiger partial charge in [-0.15, -0.1) is 0 Å². The SMILES string of the molecule is CC(C)(C)OC(=O)c1ccccc1C(N[C@@H](CS)C(=O)N1CCC(O)(Cc2ccccc2)CC1)(c1ccccc1)c1ccccc1. The highest BCUT2D eigenvalue weighted by atomic mass is 32.1. The molecule has 6 nitrogen and oxygen atoms in total. The quantitative estimate of drug-likeness (QED) is 0.106. The van der Waals surface area contributed by atoms with Crippen LogP contribution in [-0.4, -0.2) is 58.0 Å². The number of rotatable bonds is 10. The lowest BCUT2D eigenvalue weighted by Crippen LogP contribution is -2.59. The first kappa shape index (κ1) is 33.5. The van der Waals surface area contributed by atoms with Crippen molar-refractivity contribution in [3.8, 4) is 0 Å². The van der Waals surface area contributed by atoms with Crippen molar-refractivity contribution in [3.05, 3.63) is 143 Å². The Morgan fingerprint density at radius 1 is 0.826 bits per heavy atom. The maximum absolute atomic E-state index is 14.3. The lowest BCUT2D eigenvalue weighted by molar-refractivity contribution is -0.137. The van der Waals surface area contributed by atoms with Crippen molar-refractivity contribution in [2.75, 3.05) is 18.8 Å². The van der Waals surface area contributed by atoms with Crippen LogP contribution in [0, 0.1) is 0 Å². The van der Waals surface area contributed by atoms with Crippen LogP contribution >= 0.6 is 12.6 Å². The highest BCUT2D eigenvalue weighted by molar-refractivity contribution is 7.80. The Hall–Kier alpha value is -3.91.